The number of nitrogens with zero attached hydrogens (tertiary/aromatic N) is 4. The lowest BCUT2D eigenvalue weighted by atomic mass is 9.94. The molecule has 0 aromatic carbocycles. The first-order chi connectivity index (χ1) is 11.8. The minimum absolute atomic E-state index is 0.172. The molecule has 2 aliphatic heterocycles. The van der Waals surface area contributed by atoms with Crippen LogP contribution in [0.3, 0.4) is 0 Å². The van der Waals surface area contributed by atoms with Crippen LogP contribution in [-0.2, 0) is 22.6 Å². The molecule has 0 N–H and O–H groups in total. The first kappa shape index (κ1) is 15.7. The Kier molecular flexibility index (Phi) is 4.60. The number of pyridine rings is 1. The molecule has 2 unspecified atom stereocenters. The predicted octanol–water partition coefficient (Wildman–Crippen LogP) is 1.59. The van der Waals surface area contributed by atoms with Gasteiger partial charge < -0.3 is 14.0 Å². The van der Waals surface area contributed by atoms with Gasteiger partial charge in [0, 0.05) is 56.9 Å². The second-order valence-corrected chi connectivity index (χ2v) is 6.94. The minimum Gasteiger partial charge on any atom is -0.377 e. The van der Waals surface area contributed by atoms with Gasteiger partial charge in [-0.3, -0.25) is 9.88 Å². The fourth-order valence-corrected chi connectivity index (χ4v) is 3.82. The predicted molar refractivity (Wildman–Crippen MR) is 89.4 cm³/mol. The highest BCUT2D eigenvalue weighted by Gasteiger charge is 2.43. The van der Waals surface area contributed by atoms with Crippen LogP contribution in [0.25, 0.3) is 0 Å². The third kappa shape index (κ3) is 3.66. The summed E-state index contributed by atoms with van der Waals surface area (Å²) in [5.41, 5.74) is 1.12. The number of rotatable bonds is 4. The number of hydrogen-bond acceptors (Lipinski definition) is 5. The van der Waals surface area contributed by atoms with Gasteiger partial charge in [-0.25, -0.2) is 4.98 Å². The van der Waals surface area contributed by atoms with Gasteiger partial charge in [0.15, 0.2) is 0 Å². The van der Waals surface area contributed by atoms with E-state index in [0.29, 0.717) is 12.5 Å². The van der Waals surface area contributed by atoms with Gasteiger partial charge in [-0.05, 0) is 24.1 Å². The smallest absolute Gasteiger partial charge is 0.104 e. The lowest BCUT2D eigenvalue weighted by Crippen LogP contribution is -2.43. The second-order valence-electron chi connectivity index (χ2n) is 6.94. The molecule has 0 amide bonds. The van der Waals surface area contributed by atoms with Crippen molar-refractivity contribution in [3.8, 4) is 0 Å². The third-order valence-corrected chi connectivity index (χ3v) is 4.90. The Morgan fingerprint density at radius 2 is 2.12 bits per heavy atom. The molecular formula is C18H24N4O2. The Morgan fingerprint density at radius 3 is 2.96 bits per heavy atom. The van der Waals surface area contributed by atoms with Gasteiger partial charge >= 0.3 is 0 Å². The largest absolute Gasteiger partial charge is 0.377 e. The average Bonchev–Trinajstić information content (AvgIpc) is 3.19. The molecule has 128 valence electrons. The first-order valence-corrected chi connectivity index (χ1v) is 8.60. The summed E-state index contributed by atoms with van der Waals surface area (Å²) in [5, 5.41) is 0. The van der Waals surface area contributed by atoms with E-state index in [1.165, 1.54) is 5.56 Å². The highest BCUT2D eigenvalue weighted by molar-refractivity contribution is 5.10. The van der Waals surface area contributed by atoms with Crippen LogP contribution in [-0.4, -0.2) is 57.9 Å². The molecule has 0 radical (unpaired) electrons. The maximum Gasteiger partial charge on any atom is 0.104 e. The molecule has 2 aromatic rings. The zero-order chi connectivity index (χ0) is 16.2. The maximum absolute atomic E-state index is 6.28. The summed E-state index contributed by atoms with van der Waals surface area (Å²) < 4.78 is 14.3. The molecule has 2 atom stereocenters. The van der Waals surface area contributed by atoms with Crippen molar-refractivity contribution >= 4 is 0 Å². The van der Waals surface area contributed by atoms with Crippen LogP contribution in [0.5, 0.6) is 0 Å². The van der Waals surface area contributed by atoms with Crippen LogP contribution >= 0.6 is 0 Å². The fraction of sp³-hybridized carbons (Fsp3) is 0.556. The molecule has 24 heavy (non-hydrogen) atoms. The Hall–Kier alpha value is -1.76. The quantitative estimate of drug-likeness (QED) is 0.853. The van der Waals surface area contributed by atoms with Crippen molar-refractivity contribution in [3.05, 3.63) is 48.8 Å². The van der Waals surface area contributed by atoms with Crippen LogP contribution in [0.15, 0.2) is 43.2 Å². The van der Waals surface area contributed by atoms with E-state index in [2.05, 4.69) is 31.6 Å². The molecule has 4 rings (SSSR count). The van der Waals surface area contributed by atoms with Crippen LogP contribution in [0.1, 0.15) is 12.0 Å². The van der Waals surface area contributed by atoms with Crippen molar-refractivity contribution in [2.24, 2.45) is 5.92 Å². The highest BCUT2D eigenvalue weighted by Crippen LogP contribution is 2.33. The summed E-state index contributed by atoms with van der Waals surface area (Å²) in [5.74, 6) is 0.517. The van der Waals surface area contributed by atoms with Crippen molar-refractivity contribution in [2.45, 2.75) is 25.1 Å². The summed E-state index contributed by atoms with van der Waals surface area (Å²) in [4.78, 5) is 10.7. The van der Waals surface area contributed by atoms with Gasteiger partial charge in [0.2, 0.25) is 0 Å². The summed E-state index contributed by atoms with van der Waals surface area (Å²) in [7, 11) is 0. The van der Waals surface area contributed by atoms with Gasteiger partial charge in [-0.1, -0.05) is 0 Å². The molecule has 0 aliphatic carbocycles. The number of aromatic nitrogens is 3. The topological polar surface area (TPSA) is 52.4 Å². The van der Waals surface area contributed by atoms with Crippen molar-refractivity contribution in [3.63, 3.8) is 0 Å². The van der Waals surface area contributed by atoms with Gasteiger partial charge in [-0.15, -0.1) is 0 Å². The van der Waals surface area contributed by atoms with Crippen LogP contribution in [0, 0.1) is 5.92 Å². The van der Waals surface area contributed by atoms with E-state index >= 15 is 0 Å². The highest BCUT2D eigenvalue weighted by atomic mass is 16.5. The minimum atomic E-state index is -0.172. The lowest BCUT2D eigenvalue weighted by molar-refractivity contribution is -0.0563. The molecule has 2 aliphatic rings. The summed E-state index contributed by atoms with van der Waals surface area (Å²) in [6.45, 7) is 6.01. The van der Waals surface area contributed by atoms with Gasteiger partial charge in [0.05, 0.1) is 26.1 Å². The molecule has 2 saturated heterocycles. The van der Waals surface area contributed by atoms with Gasteiger partial charge in [0.25, 0.3) is 0 Å². The zero-order valence-corrected chi connectivity index (χ0v) is 13.9. The molecule has 2 fully saturated rings. The Bertz CT molecular complexity index is 634. The fourth-order valence-electron chi connectivity index (χ4n) is 3.82. The van der Waals surface area contributed by atoms with E-state index < -0.39 is 0 Å². The van der Waals surface area contributed by atoms with E-state index in [1.807, 2.05) is 31.1 Å². The molecule has 1 spiro atoms. The van der Waals surface area contributed by atoms with E-state index in [1.54, 1.807) is 0 Å². The monoisotopic (exact) mass is 328 g/mol. The van der Waals surface area contributed by atoms with E-state index in [-0.39, 0.29) is 5.60 Å². The van der Waals surface area contributed by atoms with Gasteiger partial charge in [-0.2, -0.15) is 0 Å². The van der Waals surface area contributed by atoms with Crippen LogP contribution < -0.4 is 0 Å². The van der Waals surface area contributed by atoms with Crippen molar-refractivity contribution in [1.82, 2.24) is 19.4 Å². The van der Waals surface area contributed by atoms with Crippen molar-refractivity contribution in [2.75, 3.05) is 32.9 Å². The summed E-state index contributed by atoms with van der Waals surface area (Å²) in [6, 6.07) is 4.16. The molecule has 0 saturated carbocycles. The zero-order valence-electron chi connectivity index (χ0n) is 13.9. The standard InChI is InChI=1S/C18H24N4O2/c1-3-19-4-2-16(1)10-21-7-8-23-14-18(13-21)9-17(12-24-18)11-22-6-5-20-15-22/h1-6,15,17H,7-14H2. The van der Waals surface area contributed by atoms with Crippen LogP contribution in [0.2, 0.25) is 0 Å². The second kappa shape index (κ2) is 7.01. The molecule has 6 nitrogen and oxygen atoms in total. The Labute approximate surface area is 142 Å². The van der Waals surface area contributed by atoms with Crippen molar-refractivity contribution < 1.29 is 9.47 Å². The summed E-state index contributed by atoms with van der Waals surface area (Å²) >= 11 is 0. The lowest BCUT2D eigenvalue weighted by Gasteiger charge is -2.31. The van der Waals surface area contributed by atoms with E-state index in [4.69, 9.17) is 9.47 Å². The first-order valence-electron chi connectivity index (χ1n) is 8.60. The average molecular weight is 328 g/mol. The van der Waals surface area contributed by atoms with Crippen molar-refractivity contribution in [1.29, 1.82) is 0 Å². The molecular weight excluding hydrogens is 304 g/mol. The Balaban J connectivity index is 1.40. The van der Waals surface area contributed by atoms with Gasteiger partial charge in [0.1, 0.15) is 5.60 Å². The molecule has 4 heterocycles. The number of ether oxygens (including phenoxy) is 2. The SMILES string of the molecule is c1cc(CN2CCOCC3(CC(Cn4ccnc4)CO3)C2)ccn1. The Morgan fingerprint density at radius 1 is 1.21 bits per heavy atom. The third-order valence-electron chi connectivity index (χ3n) is 4.90. The number of imidazole rings is 1. The van der Waals surface area contributed by atoms with E-state index in [0.717, 1.165) is 45.8 Å². The molecule has 0 bridgehead atoms. The maximum atomic E-state index is 6.28. The van der Waals surface area contributed by atoms with E-state index in [9.17, 15) is 0 Å². The molecule has 2 aromatic heterocycles. The normalized spacial score (nSPS) is 28.2. The molecule has 6 heteroatoms. The summed E-state index contributed by atoms with van der Waals surface area (Å²) in [6.07, 6.45) is 10.5. The number of hydrogen-bond donors (Lipinski definition) is 0. The van der Waals surface area contributed by atoms with Crippen LogP contribution in [0.4, 0.5) is 0 Å².